The van der Waals surface area contributed by atoms with E-state index in [0.29, 0.717) is 5.41 Å². The van der Waals surface area contributed by atoms with Gasteiger partial charge in [0.15, 0.2) is 0 Å². The zero-order valence-electron chi connectivity index (χ0n) is 11.4. The second-order valence-corrected chi connectivity index (χ2v) is 6.18. The van der Waals surface area contributed by atoms with Gasteiger partial charge < -0.3 is 14.7 Å². The van der Waals surface area contributed by atoms with Gasteiger partial charge in [-0.15, -0.1) is 0 Å². The van der Waals surface area contributed by atoms with E-state index in [0.717, 1.165) is 32.7 Å². The van der Waals surface area contributed by atoms with Gasteiger partial charge >= 0.3 is 0 Å². The molecule has 0 saturated carbocycles. The summed E-state index contributed by atoms with van der Waals surface area (Å²) in [5.74, 6) is 0. The van der Waals surface area contributed by atoms with E-state index in [2.05, 4.69) is 18.7 Å². The monoisotopic (exact) mass is 241 g/mol. The van der Waals surface area contributed by atoms with E-state index < -0.39 is 0 Å². The summed E-state index contributed by atoms with van der Waals surface area (Å²) in [5, 5.41) is 9.09. The zero-order valence-corrected chi connectivity index (χ0v) is 11.4. The summed E-state index contributed by atoms with van der Waals surface area (Å²) in [6.45, 7) is 8.85. The molecule has 0 aromatic heterocycles. The van der Waals surface area contributed by atoms with Crippen molar-refractivity contribution in [3.8, 4) is 0 Å². The fraction of sp³-hybridized carbons (Fsp3) is 1.00. The van der Waals surface area contributed by atoms with E-state index in [4.69, 9.17) is 9.84 Å². The normalized spacial score (nSPS) is 39.7. The van der Waals surface area contributed by atoms with Gasteiger partial charge in [0, 0.05) is 19.7 Å². The number of aliphatic hydroxyl groups excluding tert-OH is 1. The highest BCUT2D eigenvalue weighted by molar-refractivity contribution is 4.95. The summed E-state index contributed by atoms with van der Waals surface area (Å²) in [6, 6.07) is 0. The maximum atomic E-state index is 9.09. The van der Waals surface area contributed by atoms with Crippen LogP contribution >= 0.6 is 0 Å². The minimum absolute atomic E-state index is 0.0838. The first-order chi connectivity index (χ1) is 8.11. The molecule has 0 radical (unpaired) electrons. The highest BCUT2D eigenvalue weighted by atomic mass is 16.5. The van der Waals surface area contributed by atoms with Gasteiger partial charge in [-0.2, -0.15) is 0 Å². The fourth-order valence-electron chi connectivity index (χ4n) is 3.66. The molecule has 2 atom stereocenters. The SMILES string of the molecule is CC[C@]1(C)C[C@@]2(CCCN(CCO)C2)CCO1. The Morgan fingerprint density at radius 1 is 1.35 bits per heavy atom. The number of ether oxygens (including phenoxy) is 1. The average Bonchev–Trinajstić information content (AvgIpc) is 2.29. The zero-order chi connectivity index (χ0) is 12.4. The van der Waals surface area contributed by atoms with Crippen molar-refractivity contribution in [2.45, 2.75) is 51.6 Å². The molecule has 0 aromatic rings. The van der Waals surface area contributed by atoms with Crippen molar-refractivity contribution in [1.29, 1.82) is 0 Å². The summed E-state index contributed by atoms with van der Waals surface area (Å²) < 4.78 is 5.97. The van der Waals surface area contributed by atoms with Gasteiger partial charge in [-0.25, -0.2) is 0 Å². The molecule has 17 heavy (non-hydrogen) atoms. The van der Waals surface area contributed by atoms with E-state index in [-0.39, 0.29) is 12.2 Å². The van der Waals surface area contributed by atoms with Crippen molar-refractivity contribution in [3.63, 3.8) is 0 Å². The van der Waals surface area contributed by atoms with Crippen LogP contribution in [-0.2, 0) is 4.74 Å². The number of nitrogens with zero attached hydrogens (tertiary/aromatic N) is 1. The van der Waals surface area contributed by atoms with Crippen molar-refractivity contribution >= 4 is 0 Å². The van der Waals surface area contributed by atoms with Gasteiger partial charge in [0.2, 0.25) is 0 Å². The van der Waals surface area contributed by atoms with Crippen molar-refractivity contribution < 1.29 is 9.84 Å². The lowest BCUT2D eigenvalue weighted by Crippen LogP contribution is -2.51. The molecule has 100 valence electrons. The Hall–Kier alpha value is -0.120. The molecule has 2 saturated heterocycles. The van der Waals surface area contributed by atoms with Crippen molar-refractivity contribution in [2.24, 2.45) is 5.41 Å². The average molecular weight is 241 g/mol. The van der Waals surface area contributed by atoms with Crippen LogP contribution in [0, 0.1) is 5.41 Å². The maximum absolute atomic E-state index is 9.09. The van der Waals surface area contributed by atoms with E-state index in [1.165, 1.54) is 25.7 Å². The second-order valence-electron chi connectivity index (χ2n) is 6.18. The Kier molecular flexibility index (Phi) is 4.11. The number of piperidine rings is 1. The first-order valence-electron chi connectivity index (χ1n) is 7.09. The number of hydrogen-bond donors (Lipinski definition) is 1. The first-order valence-corrected chi connectivity index (χ1v) is 7.09. The Morgan fingerprint density at radius 3 is 2.88 bits per heavy atom. The van der Waals surface area contributed by atoms with Crippen LogP contribution in [0.3, 0.4) is 0 Å². The predicted octanol–water partition coefficient (Wildman–Crippen LogP) is 2.04. The predicted molar refractivity (Wildman–Crippen MR) is 69.1 cm³/mol. The van der Waals surface area contributed by atoms with Crippen LogP contribution in [0.4, 0.5) is 0 Å². The molecule has 1 N–H and O–H groups in total. The number of likely N-dealkylation sites (tertiary alicyclic amines) is 1. The van der Waals surface area contributed by atoms with Crippen LogP contribution < -0.4 is 0 Å². The smallest absolute Gasteiger partial charge is 0.0657 e. The third-order valence-corrected chi connectivity index (χ3v) is 4.74. The summed E-state index contributed by atoms with van der Waals surface area (Å²) in [5.41, 5.74) is 0.539. The number of β-amino-alcohol motifs (C(OH)–C–C–N with tert-alkyl or cyclic N) is 1. The lowest BCUT2D eigenvalue weighted by molar-refractivity contribution is -0.134. The Balaban J connectivity index is 2.02. The highest BCUT2D eigenvalue weighted by Crippen LogP contribution is 2.45. The van der Waals surface area contributed by atoms with Crippen molar-refractivity contribution in [3.05, 3.63) is 0 Å². The van der Waals surface area contributed by atoms with Gasteiger partial charge in [-0.3, -0.25) is 0 Å². The van der Waals surface area contributed by atoms with Gasteiger partial charge in [-0.05, 0) is 51.0 Å². The molecule has 2 fully saturated rings. The summed E-state index contributed by atoms with van der Waals surface area (Å²) in [6.07, 6.45) is 6.12. The molecule has 1 spiro atoms. The highest BCUT2D eigenvalue weighted by Gasteiger charge is 2.44. The molecule has 2 rings (SSSR count). The van der Waals surface area contributed by atoms with Crippen LogP contribution in [-0.4, -0.2) is 48.5 Å². The maximum Gasteiger partial charge on any atom is 0.0657 e. The largest absolute Gasteiger partial charge is 0.395 e. The molecular formula is C14H27NO2. The Bertz CT molecular complexity index is 253. The van der Waals surface area contributed by atoms with E-state index >= 15 is 0 Å². The van der Waals surface area contributed by atoms with Gasteiger partial charge in [0.25, 0.3) is 0 Å². The van der Waals surface area contributed by atoms with Gasteiger partial charge in [-0.1, -0.05) is 6.92 Å². The molecule has 0 amide bonds. The van der Waals surface area contributed by atoms with E-state index in [1.807, 2.05) is 0 Å². The molecule has 0 aliphatic carbocycles. The lowest BCUT2D eigenvalue weighted by atomic mass is 9.68. The fourth-order valence-corrected chi connectivity index (χ4v) is 3.66. The third-order valence-electron chi connectivity index (χ3n) is 4.74. The standard InChI is InChI=1S/C14H27NO2/c1-3-13(2)11-14(6-10-17-13)5-4-7-15(12-14)8-9-16/h16H,3-12H2,1-2H3/t13-,14-/m1/s1. The molecule has 2 heterocycles. The topological polar surface area (TPSA) is 32.7 Å². The minimum Gasteiger partial charge on any atom is -0.395 e. The molecule has 0 unspecified atom stereocenters. The Morgan fingerprint density at radius 2 is 2.18 bits per heavy atom. The second kappa shape index (κ2) is 5.25. The number of rotatable bonds is 3. The molecular weight excluding hydrogens is 214 g/mol. The Labute approximate surface area is 105 Å². The minimum atomic E-state index is 0.0838. The molecule has 3 nitrogen and oxygen atoms in total. The van der Waals surface area contributed by atoms with E-state index in [1.54, 1.807) is 0 Å². The quantitative estimate of drug-likeness (QED) is 0.821. The van der Waals surface area contributed by atoms with Crippen LogP contribution in [0.2, 0.25) is 0 Å². The summed E-state index contributed by atoms with van der Waals surface area (Å²) >= 11 is 0. The lowest BCUT2D eigenvalue weighted by Gasteiger charge is -2.50. The van der Waals surface area contributed by atoms with Crippen molar-refractivity contribution in [1.82, 2.24) is 4.90 Å². The van der Waals surface area contributed by atoms with Crippen LogP contribution in [0.15, 0.2) is 0 Å². The third kappa shape index (κ3) is 3.01. The number of hydrogen-bond acceptors (Lipinski definition) is 3. The molecule has 0 bridgehead atoms. The van der Waals surface area contributed by atoms with Crippen LogP contribution in [0.5, 0.6) is 0 Å². The first kappa shape index (κ1) is 13.3. The number of aliphatic hydroxyl groups is 1. The van der Waals surface area contributed by atoms with Crippen LogP contribution in [0.1, 0.15) is 46.0 Å². The molecule has 0 aromatic carbocycles. The van der Waals surface area contributed by atoms with Gasteiger partial charge in [0.1, 0.15) is 0 Å². The molecule has 2 aliphatic heterocycles. The molecule has 3 heteroatoms. The summed E-state index contributed by atoms with van der Waals surface area (Å²) in [7, 11) is 0. The van der Waals surface area contributed by atoms with Crippen molar-refractivity contribution in [2.75, 3.05) is 32.8 Å². The van der Waals surface area contributed by atoms with Gasteiger partial charge in [0.05, 0.1) is 12.2 Å². The van der Waals surface area contributed by atoms with E-state index in [9.17, 15) is 0 Å². The summed E-state index contributed by atoms with van der Waals surface area (Å²) in [4.78, 5) is 2.44. The molecule has 2 aliphatic rings. The van der Waals surface area contributed by atoms with Crippen LogP contribution in [0.25, 0.3) is 0 Å².